The van der Waals surface area contributed by atoms with Gasteiger partial charge in [-0.1, -0.05) is 12.1 Å². The van der Waals surface area contributed by atoms with E-state index in [4.69, 9.17) is 14.4 Å². The molecule has 0 aliphatic rings. The van der Waals surface area contributed by atoms with Crippen molar-refractivity contribution in [3.05, 3.63) is 83.8 Å². The molecule has 0 bridgehead atoms. The number of hydrogen-bond donors (Lipinski definition) is 0. The Morgan fingerprint density at radius 1 is 1.04 bits per heavy atom. The molecule has 0 spiro atoms. The maximum atomic E-state index is 13.2. The largest absolute Gasteiger partial charge is 0.494 e. The van der Waals surface area contributed by atoms with Gasteiger partial charge in [0, 0.05) is 6.54 Å². The molecule has 3 aromatic rings. The van der Waals surface area contributed by atoms with Gasteiger partial charge in [-0.2, -0.15) is 9.57 Å². The Morgan fingerprint density at radius 2 is 1.75 bits per heavy atom. The van der Waals surface area contributed by atoms with Crippen molar-refractivity contribution < 1.29 is 17.6 Å². The highest BCUT2D eigenvalue weighted by Gasteiger charge is 2.26. The number of sulfonamides is 1. The number of rotatable bonds is 8. The molecule has 0 saturated heterocycles. The van der Waals surface area contributed by atoms with Crippen molar-refractivity contribution >= 4 is 10.0 Å². The molecule has 0 saturated carbocycles. The van der Waals surface area contributed by atoms with Crippen molar-refractivity contribution in [3.8, 4) is 11.8 Å². The monoisotopic (exact) mass is 396 g/mol. The molecule has 28 heavy (non-hydrogen) atoms. The summed E-state index contributed by atoms with van der Waals surface area (Å²) in [5, 5.41) is 8.94. The average Bonchev–Trinajstić information content (AvgIpc) is 3.22. The zero-order valence-electron chi connectivity index (χ0n) is 15.4. The van der Waals surface area contributed by atoms with Crippen LogP contribution in [0.4, 0.5) is 0 Å². The quantitative estimate of drug-likeness (QED) is 0.576. The minimum Gasteiger partial charge on any atom is -0.494 e. The van der Waals surface area contributed by atoms with Crippen LogP contribution < -0.4 is 4.74 Å². The highest BCUT2D eigenvalue weighted by molar-refractivity contribution is 7.89. The lowest BCUT2D eigenvalue weighted by Gasteiger charge is -2.21. The smallest absolute Gasteiger partial charge is 0.243 e. The first-order valence-corrected chi connectivity index (χ1v) is 10.2. The number of benzene rings is 2. The molecular formula is C21H20N2O4S. The third kappa shape index (κ3) is 4.60. The molecule has 0 N–H and O–H groups in total. The summed E-state index contributed by atoms with van der Waals surface area (Å²) in [5.41, 5.74) is 1.30. The average molecular weight is 396 g/mol. The second kappa shape index (κ2) is 8.74. The van der Waals surface area contributed by atoms with Crippen molar-refractivity contribution in [1.82, 2.24) is 4.31 Å². The molecule has 3 rings (SSSR count). The van der Waals surface area contributed by atoms with Gasteiger partial charge < -0.3 is 9.15 Å². The molecule has 0 aliphatic heterocycles. The van der Waals surface area contributed by atoms with E-state index in [1.807, 2.05) is 6.92 Å². The minimum absolute atomic E-state index is 0.0997. The third-order valence-corrected chi connectivity index (χ3v) is 5.93. The molecule has 144 valence electrons. The molecule has 1 aromatic heterocycles. The number of ether oxygens (including phenoxy) is 1. The Labute approximate surface area is 164 Å². The topological polar surface area (TPSA) is 83.5 Å². The Balaban J connectivity index is 1.90. The van der Waals surface area contributed by atoms with E-state index in [0.717, 1.165) is 5.56 Å². The van der Waals surface area contributed by atoms with Crippen LogP contribution in [0.5, 0.6) is 5.75 Å². The van der Waals surface area contributed by atoms with Crippen molar-refractivity contribution in [2.45, 2.75) is 24.9 Å². The summed E-state index contributed by atoms with van der Waals surface area (Å²) in [5.74, 6) is 1.16. The van der Waals surface area contributed by atoms with Crippen molar-refractivity contribution in [3.63, 3.8) is 0 Å². The molecule has 6 nitrogen and oxygen atoms in total. The summed E-state index contributed by atoms with van der Waals surface area (Å²) < 4.78 is 38.6. The van der Waals surface area contributed by atoms with Crippen LogP contribution in [0.25, 0.3) is 0 Å². The van der Waals surface area contributed by atoms with Crippen LogP contribution in [0.1, 0.15) is 23.8 Å². The van der Waals surface area contributed by atoms with Crippen LogP contribution in [0.3, 0.4) is 0 Å². The molecule has 0 fully saturated rings. The van der Waals surface area contributed by atoms with Gasteiger partial charge in [0.2, 0.25) is 10.0 Å². The molecule has 0 unspecified atom stereocenters. The van der Waals surface area contributed by atoms with E-state index in [-0.39, 0.29) is 18.0 Å². The Morgan fingerprint density at radius 3 is 2.32 bits per heavy atom. The first kappa shape index (κ1) is 19.7. The highest BCUT2D eigenvalue weighted by atomic mass is 32.2. The second-order valence-corrected chi connectivity index (χ2v) is 8.00. The normalized spacial score (nSPS) is 11.3. The van der Waals surface area contributed by atoms with E-state index in [1.54, 1.807) is 48.5 Å². The van der Waals surface area contributed by atoms with E-state index in [0.29, 0.717) is 23.7 Å². The van der Waals surface area contributed by atoms with Crippen LogP contribution in [0, 0.1) is 11.3 Å². The van der Waals surface area contributed by atoms with Gasteiger partial charge in [0.05, 0.1) is 35.9 Å². The van der Waals surface area contributed by atoms with Crippen molar-refractivity contribution in [2.75, 3.05) is 6.61 Å². The summed E-state index contributed by atoms with van der Waals surface area (Å²) in [6.45, 7) is 2.63. The number of nitriles is 1. The molecule has 7 heteroatoms. The maximum Gasteiger partial charge on any atom is 0.243 e. The summed E-state index contributed by atoms with van der Waals surface area (Å²) in [7, 11) is -3.77. The lowest BCUT2D eigenvalue weighted by molar-refractivity contribution is 0.339. The fourth-order valence-electron chi connectivity index (χ4n) is 2.71. The fraction of sp³-hybridized carbons (Fsp3) is 0.190. The van der Waals surface area contributed by atoms with Gasteiger partial charge in [0.15, 0.2) is 0 Å². The van der Waals surface area contributed by atoms with Gasteiger partial charge in [-0.05, 0) is 61.0 Å². The summed E-state index contributed by atoms with van der Waals surface area (Å²) in [6.07, 6.45) is 1.51. The van der Waals surface area contributed by atoms with E-state index in [9.17, 15) is 8.42 Å². The molecule has 0 radical (unpaired) electrons. The van der Waals surface area contributed by atoms with Gasteiger partial charge in [-0.3, -0.25) is 0 Å². The molecule has 0 aliphatic carbocycles. The molecule has 2 aromatic carbocycles. The lowest BCUT2D eigenvalue weighted by atomic mass is 10.1. The molecule has 0 amide bonds. The van der Waals surface area contributed by atoms with Gasteiger partial charge in [-0.25, -0.2) is 8.42 Å². The highest BCUT2D eigenvalue weighted by Crippen LogP contribution is 2.23. The number of hydrogen-bond acceptors (Lipinski definition) is 5. The number of furan rings is 1. The zero-order valence-corrected chi connectivity index (χ0v) is 16.2. The van der Waals surface area contributed by atoms with Gasteiger partial charge in [-0.15, -0.1) is 0 Å². The van der Waals surface area contributed by atoms with E-state index in [1.165, 1.54) is 22.7 Å². The number of nitrogens with zero attached hydrogens (tertiary/aromatic N) is 2. The van der Waals surface area contributed by atoms with Gasteiger partial charge in [0.25, 0.3) is 0 Å². The van der Waals surface area contributed by atoms with Gasteiger partial charge in [0.1, 0.15) is 11.5 Å². The SMILES string of the molecule is CCOc1ccc(S(=O)(=O)N(Cc2ccc(C#N)cc2)Cc2ccco2)cc1. The molecule has 1 heterocycles. The first-order valence-electron chi connectivity index (χ1n) is 8.77. The van der Waals surface area contributed by atoms with Gasteiger partial charge >= 0.3 is 0 Å². The Hall–Kier alpha value is -3.08. The van der Waals surface area contributed by atoms with E-state index in [2.05, 4.69) is 6.07 Å². The van der Waals surface area contributed by atoms with Crippen LogP contribution in [0.15, 0.2) is 76.2 Å². The maximum absolute atomic E-state index is 13.2. The minimum atomic E-state index is -3.77. The predicted octanol–water partition coefficient (Wildman–Crippen LogP) is 3.94. The standard InChI is InChI=1S/C21H20N2O4S/c1-2-26-19-9-11-21(12-10-19)28(24,25)23(16-20-4-3-13-27-20)15-18-7-5-17(14-22)6-8-18/h3-13H,2,15-16H2,1H3. The third-order valence-electron chi connectivity index (χ3n) is 4.13. The van der Waals surface area contributed by atoms with Crippen molar-refractivity contribution in [2.24, 2.45) is 0 Å². The summed E-state index contributed by atoms with van der Waals surface area (Å²) in [6, 6.07) is 18.7. The molecule has 0 atom stereocenters. The van der Waals surface area contributed by atoms with E-state index >= 15 is 0 Å². The van der Waals surface area contributed by atoms with E-state index < -0.39 is 10.0 Å². The summed E-state index contributed by atoms with van der Waals surface area (Å²) >= 11 is 0. The summed E-state index contributed by atoms with van der Waals surface area (Å²) in [4.78, 5) is 0.177. The fourth-order valence-corrected chi connectivity index (χ4v) is 4.11. The van der Waals surface area contributed by atoms with Crippen LogP contribution in [0.2, 0.25) is 0 Å². The van der Waals surface area contributed by atoms with Crippen molar-refractivity contribution in [1.29, 1.82) is 5.26 Å². The first-order chi connectivity index (χ1) is 13.5. The Bertz CT molecular complexity index is 1040. The zero-order chi connectivity index (χ0) is 20.0. The van der Waals surface area contributed by atoms with Crippen LogP contribution >= 0.6 is 0 Å². The predicted molar refractivity (Wildman–Crippen MR) is 104 cm³/mol. The second-order valence-electron chi connectivity index (χ2n) is 6.07. The molecular weight excluding hydrogens is 376 g/mol. The lowest BCUT2D eigenvalue weighted by Crippen LogP contribution is -2.30. The van der Waals surface area contributed by atoms with Crippen LogP contribution in [-0.2, 0) is 23.1 Å². The Kier molecular flexibility index (Phi) is 6.14. The van der Waals surface area contributed by atoms with Crippen LogP contribution in [-0.4, -0.2) is 19.3 Å².